The van der Waals surface area contributed by atoms with E-state index < -0.39 is 17.6 Å². The molecule has 0 radical (unpaired) electrons. The average molecular weight is 482 g/mol. The smallest absolute Gasteiger partial charge is 0.326 e. The van der Waals surface area contributed by atoms with E-state index in [1.807, 2.05) is 6.92 Å². The molecule has 1 amide bonds. The number of aryl methyl sites for hydroxylation is 1. The highest BCUT2D eigenvalue weighted by Gasteiger charge is 2.31. The number of benzene rings is 3. The summed E-state index contributed by atoms with van der Waals surface area (Å²) >= 11 is 5.99. The molecule has 4 aromatic rings. The first kappa shape index (κ1) is 22.2. The number of fused-ring (bicyclic) bond motifs is 2. The quantitative estimate of drug-likeness (QED) is 0.337. The van der Waals surface area contributed by atoms with Crippen molar-refractivity contribution in [2.75, 3.05) is 16.8 Å². The summed E-state index contributed by atoms with van der Waals surface area (Å²) in [7, 11) is 0. The van der Waals surface area contributed by atoms with Crippen LogP contribution in [0.1, 0.15) is 27.0 Å². The number of hydrogen-bond donors (Lipinski definition) is 1. The normalized spacial score (nSPS) is 13.3. The van der Waals surface area contributed by atoms with Gasteiger partial charge in [-0.2, -0.15) is 13.2 Å². The van der Waals surface area contributed by atoms with Gasteiger partial charge in [-0.05, 0) is 79.1 Å². The number of alkyl halides is 3. The van der Waals surface area contributed by atoms with Crippen molar-refractivity contribution in [2.24, 2.45) is 0 Å². The zero-order valence-electron chi connectivity index (χ0n) is 18.1. The Kier molecular flexibility index (Phi) is 5.44. The molecule has 8 heteroatoms. The van der Waals surface area contributed by atoms with Crippen molar-refractivity contribution in [1.29, 1.82) is 0 Å². The number of aromatic nitrogens is 1. The highest BCUT2D eigenvalue weighted by molar-refractivity contribution is 6.34. The van der Waals surface area contributed by atoms with Crippen LogP contribution in [0.2, 0.25) is 5.02 Å². The third kappa shape index (κ3) is 4.19. The minimum atomic E-state index is -4.53. The maximum atomic E-state index is 13.0. The van der Waals surface area contributed by atoms with Gasteiger partial charge in [0.2, 0.25) is 0 Å². The first-order valence-electron chi connectivity index (χ1n) is 10.6. The summed E-state index contributed by atoms with van der Waals surface area (Å²) in [5, 5.41) is 3.60. The van der Waals surface area contributed by atoms with Crippen molar-refractivity contribution in [2.45, 2.75) is 19.5 Å². The van der Waals surface area contributed by atoms with Gasteiger partial charge in [-0.15, -0.1) is 0 Å². The first-order chi connectivity index (χ1) is 16.2. The van der Waals surface area contributed by atoms with Gasteiger partial charge < -0.3 is 10.2 Å². The van der Waals surface area contributed by atoms with E-state index in [0.29, 0.717) is 5.56 Å². The SMILES string of the molecule is Cc1ccc2cc3c(nc2c1)N(c1ccc(C(=O)Nc2cc(C(F)(F)F)ccc2Cl)cc1)CC3. The van der Waals surface area contributed by atoms with Crippen LogP contribution in [0, 0.1) is 6.92 Å². The van der Waals surface area contributed by atoms with E-state index in [1.165, 1.54) is 0 Å². The fourth-order valence-electron chi connectivity index (χ4n) is 4.10. The molecule has 4 nitrogen and oxygen atoms in total. The van der Waals surface area contributed by atoms with E-state index >= 15 is 0 Å². The largest absolute Gasteiger partial charge is 0.416 e. The lowest BCUT2D eigenvalue weighted by molar-refractivity contribution is -0.137. The predicted molar refractivity (Wildman–Crippen MR) is 128 cm³/mol. The summed E-state index contributed by atoms with van der Waals surface area (Å²) in [6.07, 6.45) is -3.67. The molecule has 1 aromatic heterocycles. The maximum Gasteiger partial charge on any atom is 0.416 e. The molecule has 1 aliphatic heterocycles. The summed E-state index contributed by atoms with van der Waals surface area (Å²) < 4.78 is 39.0. The van der Waals surface area contributed by atoms with Gasteiger partial charge in [-0.1, -0.05) is 23.7 Å². The maximum absolute atomic E-state index is 13.0. The molecule has 0 unspecified atom stereocenters. The van der Waals surface area contributed by atoms with Crippen molar-refractivity contribution in [3.63, 3.8) is 0 Å². The number of hydrogen-bond acceptors (Lipinski definition) is 3. The second kappa shape index (κ2) is 8.33. The molecule has 0 saturated carbocycles. The van der Waals surface area contributed by atoms with Crippen LogP contribution in [0.4, 0.5) is 30.4 Å². The van der Waals surface area contributed by atoms with Crippen molar-refractivity contribution in [1.82, 2.24) is 4.98 Å². The van der Waals surface area contributed by atoms with Crippen LogP contribution in [0.3, 0.4) is 0 Å². The van der Waals surface area contributed by atoms with Crippen LogP contribution >= 0.6 is 11.6 Å². The number of carbonyl (C=O) groups excluding carboxylic acids is 1. The molecule has 1 aliphatic rings. The molecule has 0 fully saturated rings. The summed E-state index contributed by atoms with van der Waals surface area (Å²) in [5.41, 5.74) is 3.44. The lowest BCUT2D eigenvalue weighted by atomic mass is 10.1. The van der Waals surface area contributed by atoms with Gasteiger partial charge in [0, 0.05) is 23.2 Å². The molecule has 34 heavy (non-hydrogen) atoms. The third-order valence-corrected chi connectivity index (χ3v) is 6.20. The number of nitrogens with one attached hydrogen (secondary N) is 1. The van der Waals surface area contributed by atoms with E-state index in [9.17, 15) is 18.0 Å². The fourth-order valence-corrected chi connectivity index (χ4v) is 4.27. The number of rotatable bonds is 3. The van der Waals surface area contributed by atoms with Crippen molar-refractivity contribution >= 4 is 45.6 Å². The third-order valence-electron chi connectivity index (χ3n) is 5.87. The minimum Gasteiger partial charge on any atom is -0.326 e. The van der Waals surface area contributed by atoms with Crippen LogP contribution in [-0.4, -0.2) is 17.4 Å². The van der Waals surface area contributed by atoms with Crippen molar-refractivity contribution in [3.05, 3.63) is 94.0 Å². The van der Waals surface area contributed by atoms with Gasteiger partial charge in [-0.25, -0.2) is 4.98 Å². The Balaban J connectivity index is 1.38. The molecule has 0 saturated heterocycles. The number of amides is 1. The Labute approximate surface area is 199 Å². The standard InChI is InChI=1S/C26H19ClF3N3O/c1-15-2-3-17-13-18-10-11-33(24(18)31-22(17)12-15)20-7-4-16(5-8-20)25(34)32-23-14-19(26(28,29)30)6-9-21(23)27/h2-9,12-14H,10-11H2,1H3,(H,32,34). The van der Waals surface area contributed by atoms with E-state index in [2.05, 4.69) is 34.5 Å². The summed E-state index contributed by atoms with van der Waals surface area (Å²) in [5.74, 6) is 0.347. The van der Waals surface area contributed by atoms with Crippen LogP contribution < -0.4 is 10.2 Å². The van der Waals surface area contributed by atoms with E-state index in [-0.39, 0.29) is 10.7 Å². The van der Waals surface area contributed by atoms with Crippen LogP contribution in [0.5, 0.6) is 0 Å². The summed E-state index contributed by atoms with van der Waals surface area (Å²) in [6, 6.07) is 18.1. The minimum absolute atomic E-state index is 0.0279. The Hall–Kier alpha value is -3.58. The molecule has 172 valence electrons. The molecule has 3 aromatic carbocycles. The average Bonchev–Trinajstić information content (AvgIpc) is 3.21. The Morgan fingerprint density at radius 1 is 1.03 bits per heavy atom. The number of halogens is 4. The molecule has 0 atom stereocenters. The summed E-state index contributed by atoms with van der Waals surface area (Å²) in [4.78, 5) is 19.6. The predicted octanol–water partition coefficient (Wildman–Crippen LogP) is 7.16. The van der Waals surface area contributed by atoms with Crippen LogP contribution in [-0.2, 0) is 12.6 Å². The molecule has 0 spiro atoms. The molecule has 5 rings (SSSR count). The molecular weight excluding hydrogens is 463 g/mol. The Morgan fingerprint density at radius 2 is 1.79 bits per heavy atom. The van der Waals surface area contributed by atoms with Crippen molar-refractivity contribution < 1.29 is 18.0 Å². The van der Waals surface area contributed by atoms with E-state index in [1.54, 1.807) is 24.3 Å². The van der Waals surface area contributed by atoms with Crippen LogP contribution in [0.15, 0.2) is 66.7 Å². The molecule has 0 aliphatic carbocycles. The number of nitrogens with zero attached hydrogens (tertiary/aromatic N) is 2. The van der Waals surface area contributed by atoms with Gasteiger partial charge in [0.15, 0.2) is 0 Å². The Bertz CT molecular complexity index is 1420. The first-order valence-corrected chi connectivity index (χ1v) is 11.0. The van der Waals surface area contributed by atoms with Crippen LogP contribution in [0.25, 0.3) is 10.9 Å². The summed E-state index contributed by atoms with van der Waals surface area (Å²) in [6.45, 7) is 2.80. The number of pyridine rings is 1. The monoisotopic (exact) mass is 481 g/mol. The highest BCUT2D eigenvalue weighted by atomic mass is 35.5. The lowest BCUT2D eigenvalue weighted by Crippen LogP contribution is -2.16. The lowest BCUT2D eigenvalue weighted by Gasteiger charge is -2.19. The highest BCUT2D eigenvalue weighted by Crippen LogP contribution is 2.36. The molecule has 1 N–H and O–H groups in total. The second-order valence-corrected chi connectivity index (χ2v) is 8.67. The topological polar surface area (TPSA) is 45.2 Å². The van der Waals surface area contributed by atoms with Gasteiger partial charge in [0.05, 0.1) is 21.8 Å². The number of carbonyl (C=O) groups is 1. The molecular formula is C26H19ClF3N3O. The zero-order chi connectivity index (χ0) is 24.0. The van der Waals surface area contributed by atoms with Gasteiger partial charge >= 0.3 is 6.18 Å². The van der Waals surface area contributed by atoms with Gasteiger partial charge in [-0.3, -0.25) is 4.79 Å². The van der Waals surface area contributed by atoms with Crippen molar-refractivity contribution in [3.8, 4) is 0 Å². The van der Waals surface area contributed by atoms with E-state index in [0.717, 1.165) is 64.7 Å². The fraction of sp³-hybridized carbons (Fsp3) is 0.154. The molecule has 2 heterocycles. The van der Waals surface area contributed by atoms with Gasteiger partial charge in [0.25, 0.3) is 5.91 Å². The molecule has 0 bridgehead atoms. The zero-order valence-corrected chi connectivity index (χ0v) is 18.8. The Morgan fingerprint density at radius 3 is 2.53 bits per heavy atom. The second-order valence-electron chi connectivity index (χ2n) is 8.26. The van der Waals surface area contributed by atoms with Gasteiger partial charge in [0.1, 0.15) is 5.82 Å². The number of anilines is 3. The van der Waals surface area contributed by atoms with E-state index in [4.69, 9.17) is 16.6 Å².